The highest BCUT2D eigenvalue weighted by molar-refractivity contribution is 7.91. The van der Waals surface area contributed by atoms with Crippen LogP contribution in [-0.2, 0) is 9.84 Å². The number of hydrogen-bond acceptors (Lipinski definition) is 4. The van der Waals surface area contributed by atoms with Crippen molar-refractivity contribution in [1.82, 2.24) is 5.32 Å². The van der Waals surface area contributed by atoms with Crippen LogP contribution in [0.2, 0.25) is 0 Å². The third kappa shape index (κ3) is 3.60. The van der Waals surface area contributed by atoms with Crippen LogP contribution in [-0.4, -0.2) is 34.4 Å². The number of ether oxygens (including phenoxy) is 1. The first-order valence-electron chi connectivity index (χ1n) is 5.69. The number of rotatable bonds is 4. The van der Waals surface area contributed by atoms with E-state index in [1.807, 2.05) is 0 Å². The summed E-state index contributed by atoms with van der Waals surface area (Å²) in [5, 5.41) is 3.18. The molecule has 102 valence electrons. The molecule has 0 aliphatic carbocycles. The van der Waals surface area contributed by atoms with Gasteiger partial charge in [-0.1, -0.05) is 0 Å². The molecule has 1 aromatic carbocycles. The summed E-state index contributed by atoms with van der Waals surface area (Å²) in [6.45, 7) is 1.72. The standard InChI is InChI=1S/C12H17NO3S.ClH/c1-16-11-2-4-12(5-3-11)17(14,15)9-10-6-7-13-8-10;/h2-5,10,13H,6-9H2,1H3;1H. The van der Waals surface area contributed by atoms with Crippen molar-refractivity contribution < 1.29 is 13.2 Å². The van der Waals surface area contributed by atoms with E-state index in [4.69, 9.17) is 4.74 Å². The highest BCUT2D eigenvalue weighted by Gasteiger charge is 2.23. The Bertz CT molecular complexity index is 467. The van der Waals surface area contributed by atoms with E-state index in [1.165, 1.54) is 0 Å². The molecular weight excluding hydrogens is 274 g/mol. The van der Waals surface area contributed by atoms with E-state index in [0.29, 0.717) is 10.6 Å². The van der Waals surface area contributed by atoms with E-state index in [1.54, 1.807) is 31.4 Å². The van der Waals surface area contributed by atoms with E-state index in [9.17, 15) is 8.42 Å². The van der Waals surface area contributed by atoms with Crippen LogP contribution in [0.25, 0.3) is 0 Å². The fourth-order valence-corrected chi connectivity index (χ4v) is 3.69. The molecule has 0 aromatic heterocycles. The average Bonchev–Trinajstić information content (AvgIpc) is 2.81. The second-order valence-corrected chi connectivity index (χ2v) is 6.35. The second kappa shape index (κ2) is 6.41. The largest absolute Gasteiger partial charge is 0.497 e. The summed E-state index contributed by atoms with van der Waals surface area (Å²) in [6.07, 6.45) is 0.940. The third-order valence-corrected chi connectivity index (χ3v) is 4.94. The van der Waals surface area contributed by atoms with Crippen LogP contribution in [0.3, 0.4) is 0 Å². The molecule has 1 heterocycles. The number of sulfone groups is 1. The zero-order valence-electron chi connectivity index (χ0n) is 10.3. The number of halogens is 1. The summed E-state index contributed by atoms with van der Waals surface area (Å²) in [4.78, 5) is 0.380. The molecule has 0 saturated carbocycles. The molecule has 1 aromatic rings. The molecule has 0 bridgehead atoms. The first kappa shape index (κ1) is 15.3. The minimum Gasteiger partial charge on any atom is -0.497 e. The number of hydrogen-bond donors (Lipinski definition) is 1. The van der Waals surface area contributed by atoms with Gasteiger partial charge in [-0.25, -0.2) is 8.42 Å². The van der Waals surface area contributed by atoms with Gasteiger partial charge in [-0.05, 0) is 49.7 Å². The molecule has 0 spiro atoms. The Hall–Kier alpha value is -0.780. The number of nitrogens with one attached hydrogen (secondary N) is 1. The zero-order valence-corrected chi connectivity index (χ0v) is 11.9. The Morgan fingerprint density at radius 1 is 1.33 bits per heavy atom. The lowest BCUT2D eigenvalue weighted by atomic mass is 10.2. The van der Waals surface area contributed by atoms with Crippen LogP contribution >= 0.6 is 12.4 Å². The smallest absolute Gasteiger partial charge is 0.178 e. The monoisotopic (exact) mass is 291 g/mol. The molecule has 4 nitrogen and oxygen atoms in total. The van der Waals surface area contributed by atoms with Crippen LogP contribution in [0.4, 0.5) is 0 Å². The Kier molecular flexibility index (Phi) is 5.44. The molecule has 1 saturated heterocycles. The minimum atomic E-state index is -3.16. The molecule has 18 heavy (non-hydrogen) atoms. The van der Waals surface area contributed by atoms with Crippen molar-refractivity contribution in [2.75, 3.05) is 26.0 Å². The van der Waals surface area contributed by atoms with Crippen LogP contribution in [0.15, 0.2) is 29.2 Å². The lowest BCUT2D eigenvalue weighted by molar-refractivity contribution is 0.414. The molecule has 1 unspecified atom stereocenters. The van der Waals surface area contributed by atoms with Crippen molar-refractivity contribution >= 4 is 22.2 Å². The Morgan fingerprint density at radius 2 is 2.00 bits per heavy atom. The van der Waals surface area contributed by atoms with E-state index in [0.717, 1.165) is 19.5 Å². The topological polar surface area (TPSA) is 55.4 Å². The SMILES string of the molecule is COc1ccc(S(=O)(=O)CC2CCNC2)cc1.Cl. The van der Waals surface area contributed by atoms with Crippen LogP contribution in [0.5, 0.6) is 5.75 Å². The van der Waals surface area contributed by atoms with E-state index >= 15 is 0 Å². The fourth-order valence-electron chi connectivity index (χ4n) is 2.05. The molecule has 1 N–H and O–H groups in total. The molecule has 1 fully saturated rings. The number of benzene rings is 1. The van der Waals surface area contributed by atoms with Gasteiger partial charge in [0.25, 0.3) is 0 Å². The first-order chi connectivity index (χ1) is 8.12. The quantitative estimate of drug-likeness (QED) is 0.913. The van der Waals surface area contributed by atoms with Crippen LogP contribution < -0.4 is 10.1 Å². The third-order valence-electron chi connectivity index (χ3n) is 3.04. The highest BCUT2D eigenvalue weighted by Crippen LogP contribution is 2.20. The van der Waals surface area contributed by atoms with Crippen LogP contribution in [0, 0.1) is 5.92 Å². The van der Waals surface area contributed by atoms with Crippen molar-refractivity contribution in [1.29, 1.82) is 0 Å². The summed E-state index contributed by atoms with van der Waals surface area (Å²) < 4.78 is 29.2. The first-order valence-corrected chi connectivity index (χ1v) is 7.34. The van der Waals surface area contributed by atoms with Crippen LogP contribution in [0.1, 0.15) is 6.42 Å². The predicted octanol–water partition coefficient (Wildman–Crippen LogP) is 1.50. The maximum atomic E-state index is 12.1. The van der Waals surface area contributed by atoms with Gasteiger partial charge >= 0.3 is 0 Å². The van der Waals surface area contributed by atoms with E-state index in [-0.39, 0.29) is 24.1 Å². The highest BCUT2D eigenvalue weighted by atomic mass is 35.5. The summed E-state index contributed by atoms with van der Waals surface area (Å²) in [7, 11) is -1.60. The molecule has 1 atom stereocenters. The predicted molar refractivity (Wildman–Crippen MR) is 73.3 cm³/mol. The fraction of sp³-hybridized carbons (Fsp3) is 0.500. The minimum absolute atomic E-state index is 0. The Labute approximate surface area is 114 Å². The molecule has 0 radical (unpaired) electrons. The van der Waals surface area contributed by atoms with Gasteiger partial charge in [-0.2, -0.15) is 0 Å². The lowest BCUT2D eigenvalue weighted by Crippen LogP contribution is -2.18. The van der Waals surface area contributed by atoms with Crippen molar-refractivity contribution in [2.45, 2.75) is 11.3 Å². The molecule has 2 rings (SSSR count). The van der Waals surface area contributed by atoms with Gasteiger partial charge in [0.05, 0.1) is 17.8 Å². The Morgan fingerprint density at radius 3 is 2.50 bits per heavy atom. The van der Waals surface area contributed by atoms with Crippen molar-refractivity contribution in [3.63, 3.8) is 0 Å². The molecule has 1 aliphatic rings. The maximum absolute atomic E-state index is 12.1. The maximum Gasteiger partial charge on any atom is 0.178 e. The summed E-state index contributed by atoms with van der Waals surface area (Å²) in [6, 6.07) is 6.58. The summed E-state index contributed by atoms with van der Waals surface area (Å²) in [5.41, 5.74) is 0. The summed E-state index contributed by atoms with van der Waals surface area (Å²) in [5.74, 6) is 1.14. The zero-order chi connectivity index (χ0) is 12.3. The van der Waals surface area contributed by atoms with Gasteiger partial charge in [0.15, 0.2) is 9.84 Å². The summed E-state index contributed by atoms with van der Waals surface area (Å²) >= 11 is 0. The van der Waals surface area contributed by atoms with Gasteiger partial charge < -0.3 is 10.1 Å². The lowest BCUT2D eigenvalue weighted by Gasteiger charge is -2.09. The van der Waals surface area contributed by atoms with E-state index < -0.39 is 9.84 Å². The van der Waals surface area contributed by atoms with Gasteiger partial charge in [-0.15, -0.1) is 12.4 Å². The van der Waals surface area contributed by atoms with Gasteiger partial charge in [0.2, 0.25) is 0 Å². The molecular formula is C12H18ClNO3S. The second-order valence-electron chi connectivity index (χ2n) is 4.32. The Balaban J connectivity index is 0.00000162. The molecule has 1 aliphatic heterocycles. The average molecular weight is 292 g/mol. The van der Waals surface area contributed by atoms with Gasteiger partial charge in [0.1, 0.15) is 5.75 Å². The van der Waals surface area contributed by atoms with Gasteiger partial charge in [-0.3, -0.25) is 0 Å². The molecule has 0 amide bonds. The normalized spacial score (nSPS) is 19.3. The van der Waals surface area contributed by atoms with E-state index in [2.05, 4.69) is 5.32 Å². The van der Waals surface area contributed by atoms with Crippen molar-refractivity contribution in [2.24, 2.45) is 5.92 Å². The van der Waals surface area contributed by atoms with Crippen molar-refractivity contribution in [3.05, 3.63) is 24.3 Å². The molecule has 6 heteroatoms. The van der Waals surface area contributed by atoms with Gasteiger partial charge in [0, 0.05) is 0 Å². The van der Waals surface area contributed by atoms with Crippen molar-refractivity contribution in [3.8, 4) is 5.75 Å². The number of methoxy groups -OCH3 is 1.